The third-order valence-corrected chi connectivity index (χ3v) is 4.99. The summed E-state index contributed by atoms with van der Waals surface area (Å²) in [6.07, 6.45) is 8.46. The molecule has 0 saturated carbocycles. The monoisotopic (exact) mass is 330 g/mol. The SMILES string of the molecule is O=C(c1ccc2[nH]ccc2c1)N1CCC(C=Cc2ccccc2)CC1. The molecule has 1 aliphatic heterocycles. The number of allylic oxidation sites excluding steroid dienone is 1. The number of aromatic nitrogens is 1. The first-order chi connectivity index (χ1) is 12.3. The van der Waals surface area contributed by atoms with Gasteiger partial charge >= 0.3 is 0 Å². The lowest BCUT2D eigenvalue weighted by Gasteiger charge is -2.30. The minimum absolute atomic E-state index is 0.147. The third kappa shape index (κ3) is 3.50. The van der Waals surface area contributed by atoms with Crippen molar-refractivity contribution < 1.29 is 4.79 Å². The highest BCUT2D eigenvalue weighted by Gasteiger charge is 2.22. The number of carbonyl (C=O) groups is 1. The Bertz CT molecular complexity index is 887. The van der Waals surface area contributed by atoms with Gasteiger partial charge in [-0.25, -0.2) is 0 Å². The highest BCUT2D eigenvalue weighted by atomic mass is 16.2. The summed E-state index contributed by atoms with van der Waals surface area (Å²) in [7, 11) is 0. The molecule has 126 valence electrons. The van der Waals surface area contributed by atoms with Crippen molar-refractivity contribution in [2.75, 3.05) is 13.1 Å². The van der Waals surface area contributed by atoms with E-state index in [1.54, 1.807) is 0 Å². The van der Waals surface area contributed by atoms with Crippen LogP contribution in [-0.4, -0.2) is 28.9 Å². The zero-order valence-electron chi connectivity index (χ0n) is 14.2. The lowest BCUT2D eigenvalue weighted by atomic mass is 9.95. The second kappa shape index (κ2) is 6.98. The van der Waals surface area contributed by atoms with Crippen molar-refractivity contribution in [3.05, 3.63) is 78.0 Å². The molecule has 2 aromatic carbocycles. The van der Waals surface area contributed by atoms with E-state index in [2.05, 4.69) is 41.4 Å². The molecule has 1 N–H and O–H groups in total. The molecule has 1 fully saturated rings. The average molecular weight is 330 g/mol. The third-order valence-electron chi connectivity index (χ3n) is 4.99. The van der Waals surface area contributed by atoms with E-state index in [4.69, 9.17) is 0 Å². The van der Waals surface area contributed by atoms with Gasteiger partial charge in [0, 0.05) is 35.8 Å². The minimum Gasteiger partial charge on any atom is -0.361 e. The number of carbonyl (C=O) groups excluding carboxylic acids is 1. The van der Waals surface area contributed by atoms with Crippen LogP contribution in [0, 0.1) is 5.92 Å². The van der Waals surface area contributed by atoms with Crippen molar-refractivity contribution in [1.82, 2.24) is 9.88 Å². The summed E-state index contributed by atoms with van der Waals surface area (Å²) in [6.45, 7) is 1.65. The van der Waals surface area contributed by atoms with Gasteiger partial charge in [-0.2, -0.15) is 0 Å². The molecule has 3 aromatic rings. The number of H-pyrrole nitrogens is 1. The number of benzene rings is 2. The van der Waals surface area contributed by atoms with Gasteiger partial charge in [0.1, 0.15) is 0 Å². The summed E-state index contributed by atoms with van der Waals surface area (Å²) in [6, 6.07) is 18.3. The molecule has 4 rings (SSSR count). The molecule has 1 saturated heterocycles. The summed E-state index contributed by atoms with van der Waals surface area (Å²) in [5.41, 5.74) is 3.09. The predicted octanol–water partition coefficient (Wildman–Crippen LogP) is 4.73. The van der Waals surface area contributed by atoms with Gasteiger partial charge in [-0.1, -0.05) is 42.5 Å². The Kier molecular flexibility index (Phi) is 4.38. The van der Waals surface area contributed by atoms with Gasteiger partial charge in [0.15, 0.2) is 0 Å². The molecule has 3 heteroatoms. The van der Waals surface area contributed by atoms with Gasteiger partial charge in [0.05, 0.1) is 0 Å². The maximum Gasteiger partial charge on any atom is 0.253 e. The van der Waals surface area contributed by atoms with Crippen molar-refractivity contribution >= 4 is 22.9 Å². The zero-order valence-corrected chi connectivity index (χ0v) is 14.2. The number of hydrogen-bond acceptors (Lipinski definition) is 1. The van der Waals surface area contributed by atoms with Crippen molar-refractivity contribution in [2.45, 2.75) is 12.8 Å². The van der Waals surface area contributed by atoms with Gasteiger partial charge in [0.2, 0.25) is 0 Å². The molecule has 0 atom stereocenters. The molecular formula is C22H22N2O. The number of nitrogens with zero attached hydrogens (tertiary/aromatic N) is 1. The number of piperidine rings is 1. The normalized spacial score (nSPS) is 15.9. The fourth-order valence-electron chi connectivity index (χ4n) is 3.48. The van der Waals surface area contributed by atoms with Crippen LogP contribution in [0.3, 0.4) is 0 Å². The minimum atomic E-state index is 0.147. The van der Waals surface area contributed by atoms with Crippen LogP contribution in [0.25, 0.3) is 17.0 Å². The summed E-state index contributed by atoms with van der Waals surface area (Å²) in [5, 5.41) is 1.09. The Morgan fingerprint density at radius 2 is 1.84 bits per heavy atom. The van der Waals surface area contributed by atoms with Gasteiger partial charge in [0.25, 0.3) is 5.91 Å². The number of aromatic amines is 1. The summed E-state index contributed by atoms with van der Waals surface area (Å²) in [5.74, 6) is 0.699. The fraction of sp³-hybridized carbons (Fsp3) is 0.227. The maximum atomic E-state index is 12.7. The Morgan fingerprint density at radius 3 is 2.64 bits per heavy atom. The molecule has 2 heterocycles. The van der Waals surface area contributed by atoms with Crippen LogP contribution in [0.4, 0.5) is 0 Å². The summed E-state index contributed by atoms with van der Waals surface area (Å²) < 4.78 is 0. The van der Waals surface area contributed by atoms with Crippen molar-refractivity contribution in [1.29, 1.82) is 0 Å². The Labute approximate surface area is 148 Å². The molecule has 0 radical (unpaired) electrons. The molecule has 0 unspecified atom stereocenters. The molecule has 1 amide bonds. The highest BCUT2D eigenvalue weighted by molar-refractivity contribution is 5.98. The number of nitrogens with one attached hydrogen (secondary N) is 1. The van der Waals surface area contributed by atoms with E-state index in [1.165, 1.54) is 5.56 Å². The first-order valence-electron chi connectivity index (χ1n) is 8.89. The van der Waals surface area contributed by atoms with E-state index >= 15 is 0 Å². The average Bonchev–Trinajstić information content (AvgIpc) is 3.15. The van der Waals surface area contributed by atoms with Crippen LogP contribution in [0.1, 0.15) is 28.8 Å². The van der Waals surface area contributed by atoms with Crippen LogP contribution >= 0.6 is 0 Å². The Balaban J connectivity index is 1.38. The first-order valence-corrected chi connectivity index (χ1v) is 8.89. The number of hydrogen-bond donors (Lipinski definition) is 1. The number of rotatable bonds is 3. The second-order valence-electron chi connectivity index (χ2n) is 6.68. The maximum absolute atomic E-state index is 12.7. The lowest BCUT2D eigenvalue weighted by molar-refractivity contribution is 0.0706. The van der Waals surface area contributed by atoms with Crippen LogP contribution < -0.4 is 0 Å². The van der Waals surface area contributed by atoms with Crippen LogP contribution in [0.5, 0.6) is 0 Å². The smallest absolute Gasteiger partial charge is 0.253 e. The van der Waals surface area contributed by atoms with Crippen molar-refractivity contribution in [3.8, 4) is 0 Å². The summed E-state index contributed by atoms with van der Waals surface area (Å²) in [4.78, 5) is 17.9. The van der Waals surface area contributed by atoms with Gasteiger partial charge in [-0.15, -0.1) is 0 Å². The van der Waals surface area contributed by atoms with Gasteiger partial charge in [-0.3, -0.25) is 4.79 Å². The number of likely N-dealkylation sites (tertiary alicyclic amines) is 1. The second-order valence-corrected chi connectivity index (χ2v) is 6.68. The Morgan fingerprint density at radius 1 is 1.04 bits per heavy atom. The van der Waals surface area contributed by atoms with Gasteiger partial charge in [-0.05, 0) is 48.6 Å². The van der Waals surface area contributed by atoms with E-state index in [-0.39, 0.29) is 5.91 Å². The molecule has 1 aliphatic rings. The van der Waals surface area contributed by atoms with Crippen LogP contribution in [0.15, 0.2) is 66.9 Å². The first kappa shape index (κ1) is 15.7. The van der Waals surface area contributed by atoms with E-state index in [9.17, 15) is 4.79 Å². The van der Waals surface area contributed by atoms with Crippen molar-refractivity contribution in [2.24, 2.45) is 5.92 Å². The highest BCUT2D eigenvalue weighted by Crippen LogP contribution is 2.22. The van der Waals surface area contributed by atoms with Crippen LogP contribution in [-0.2, 0) is 0 Å². The zero-order chi connectivity index (χ0) is 17.1. The van der Waals surface area contributed by atoms with Crippen LogP contribution in [0.2, 0.25) is 0 Å². The molecule has 3 nitrogen and oxygen atoms in total. The molecule has 1 aromatic heterocycles. The van der Waals surface area contributed by atoms with E-state index in [0.29, 0.717) is 5.92 Å². The molecule has 0 aliphatic carbocycles. The molecule has 0 spiro atoms. The largest absolute Gasteiger partial charge is 0.361 e. The molecule has 25 heavy (non-hydrogen) atoms. The number of amides is 1. The van der Waals surface area contributed by atoms with E-state index < -0.39 is 0 Å². The lowest BCUT2D eigenvalue weighted by Crippen LogP contribution is -2.38. The topological polar surface area (TPSA) is 36.1 Å². The van der Waals surface area contributed by atoms with Crippen molar-refractivity contribution in [3.63, 3.8) is 0 Å². The molecule has 0 bridgehead atoms. The Hall–Kier alpha value is -2.81. The predicted molar refractivity (Wildman–Crippen MR) is 102 cm³/mol. The molecular weight excluding hydrogens is 308 g/mol. The summed E-state index contributed by atoms with van der Waals surface area (Å²) >= 11 is 0. The standard InChI is InChI=1S/C22H22N2O/c25-22(20-8-9-21-19(16-20)10-13-23-21)24-14-11-18(12-15-24)7-6-17-4-2-1-3-5-17/h1-10,13,16,18,23H,11-12,14-15H2. The van der Waals surface area contributed by atoms with E-state index in [0.717, 1.165) is 42.4 Å². The fourth-order valence-corrected chi connectivity index (χ4v) is 3.48. The quantitative estimate of drug-likeness (QED) is 0.740. The van der Waals surface area contributed by atoms with Gasteiger partial charge < -0.3 is 9.88 Å². The number of fused-ring (bicyclic) bond motifs is 1. The van der Waals surface area contributed by atoms with E-state index in [1.807, 2.05) is 41.4 Å².